The average Bonchev–Trinajstić information content (AvgIpc) is 1.22. The first kappa shape index (κ1) is 41.5. The number of fused-ring (bicyclic) bond motifs is 12. The van der Waals surface area contributed by atoms with Crippen LogP contribution in [0.1, 0.15) is 106 Å². The first-order valence-electron chi connectivity index (χ1n) is 42.7. The highest BCUT2D eigenvalue weighted by Gasteiger charge is 2.51. The van der Waals surface area contributed by atoms with Crippen LogP contribution >= 0.6 is 11.8 Å². The van der Waals surface area contributed by atoms with Crippen molar-refractivity contribution in [3.05, 3.63) is 295 Å². The molecule has 18 rings (SSSR count). The van der Waals surface area contributed by atoms with E-state index in [2.05, 4.69) is 104 Å². The summed E-state index contributed by atoms with van der Waals surface area (Å²) in [5.74, 6) is -0.571. The van der Waals surface area contributed by atoms with Crippen LogP contribution in [0.5, 0.6) is 11.5 Å². The maximum atomic E-state index is 11.8. The molecule has 0 radical (unpaired) electrons. The molecule has 97 heavy (non-hydrogen) atoms. The molecule has 0 unspecified atom stereocenters. The Kier molecular flexibility index (Phi) is 9.43. The molecule has 7 heteroatoms. The first-order valence-corrected chi connectivity index (χ1v) is 33.5. The maximum Gasteiger partial charge on any atom is 0.253 e. The van der Waals surface area contributed by atoms with Gasteiger partial charge < -0.3 is 19.1 Å². The zero-order chi connectivity index (χ0) is 83.2. The molecule has 5 heterocycles. The Hall–Kier alpha value is -10.5. The van der Waals surface area contributed by atoms with Crippen LogP contribution in [0.3, 0.4) is 0 Å². The van der Waals surface area contributed by atoms with Gasteiger partial charge in [-0.3, -0.25) is 0 Å². The van der Waals surface area contributed by atoms with Crippen molar-refractivity contribution >= 4 is 114 Å². The van der Waals surface area contributed by atoms with Crippen LogP contribution in [-0.2, 0) is 16.2 Å². The van der Waals surface area contributed by atoms with Gasteiger partial charge in [-0.05, 0) is 155 Å². The quantitative estimate of drug-likeness (QED) is 0.148. The van der Waals surface area contributed by atoms with Gasteiger partial charge in [-0.15, -0.1) is 0 Å². The van der Waals surface area contributed by atoms with Crippen molar-refractivity contribution in [1.82, 2.24) is 4.57 Å². The van der Waals surface area contributed by atoms with Crippen molar-refractivity contribution in [2.75, 3.05) is 9.80 Å². The lowest BCUT2D eigenvalue weighted by Gasteiger charge is -2.48. The SMILES string of the molecule is [2H]c1c([2H])c([2H])c2c(c1[2H])Oc1c([2H])c3c(c4c1B2c1c([2H])c([2H])c([2H])c([2H])c1S4)B1c2c(cc(C(C)(C)C)cc2N3c2c(-c3ccccc3)cc(C(C)(C)C)cc2-c2ccccc2)N(c2c(-c3ccccc3)cc(C(C)(C)C)cc2-c2ccccc2)c2c([2H])c(-n3c4c([2H])c([2H])c([2H])c([2H])c4c4c([2H])c([2H])c([2H])c([2H])c43)c([2H])c([2H])c21. The minimum atomic E-state index is -1.52. The van der Waals surface area contributed by atoms with E-state index in [4.69, 9.17) is 7.48 Å². The number of benzene rings is 13. The van der Waals surface area contributed by atoms with Crippen molar-refractivity contribution in [3.63, 3.8) is 0 Å². The molecule has 0 N–H and O–H groups in total. The van der Waals surface area contributed by atoms with Gasteiger partial charge in [-0.1, -0.05) is 279 Å². The average molecular weight is 1290 g/mol. The Morgan fingerprint density at radius 2 is 0.804 bits per heavy atom. The van der Waals surface area contributed by atoms with Gasteiger partial charge >= 0.3 is 0 Å². The largest absolute Gasteiger partial charge is 0.458 e. The number of ether oxygens (including phenoxy) is 1. The molecule has 1 aromatic heterocycles. The van der Waals surface area contributed by atoms with E-state index >= 15 is 0 Å². The van der Waals surface area contributed by atoms with E-state index in [1.165, 1.54) is 0 Å². The Balaban J connectivity index is 1.14. The van der Waals surface area contributed by atoms with Gasteiger partial charge in [0.1, 0.15) is 11.5 Å². The molecule has 14 aromatic rings. The third-order valence-corrected chi connectivity index (χ3v) is 20.6. The van der Waals surface area contributed by atoms with E-state index in [-0.39, 0.29) is 76.8 Å². The summed E-state index contributed by atoms with van der Waals surface area (Å²) in [4.78, 5) is 4.21. The highest BCUT2D eigenvalue weighted by atomic mass is 32.2. The Bertz CT molecular complexity index is 6570. The lowest BCUT2D eigenvalue weighted by molar-refractivity contribution is 0.486. The predicted molar refractivity (Wildman–Crippen MR) is 414 cm³/mol. The van der Waals surface area contributed by atoms with Crippen molar-refractivity contribution in [2.24, 2.45) is 0 Å². The number of hydrogen-bond acceptors (Lipinski definition) is 4. The van der Waals surface area contributed by atoms with E-state index in [0.717, 1.165) is 49.7 Å². The summed E-state index contributed by atoms with van der Waals surface area (Å²) >= 11 is 0.959. The summed E-state index contributed by atoms with van der Waals surface area (Å²) in [5, 5.41) is -0.648. The molecular weight excluding hydrogens is 1190 g/mol. The van der Waals surface area contributed by atoms with Gasteiger partial charge in [-0.25, -0.2) is 0 Å². The number of hydrogen-bond donors (Lipinski definition) is 0. The maximum absolute atomic E-state index is 11.8. The highest BCUT2D eigenvalue weighted by molar-refractivity contribution is 8.00. The van der Waals surface area contributed by atoms with Gasteiger partial charge in [0.2, 0.25) is 0 Å². The van der Waals surface area contributed by atoms with Crippen LogP contribution in [0.2, 0.25) is 0 Å². The number of para-hydroxylation sites is 3. The number of anilines is 6. The lowest BCUT2D eigenvalue weighted by Crippen LogP contribution is -2.65. The summed E-state index contributed by atoms with van der Waals surface area (Å²) in [5.41, 5.74) is 7.35. The molecule has 0 bridgehead atoms. The smallest absolute Gasteiger partial charge is 0.253 e. The Labute approximate surface area is 603 Å². The molecule has 0 spiro atoms. The predicted octanol–water partition coefficient (Wildman–Crippen LogP) is 20.5. The summed E-state index contributed by atoms with van der Waals surface area (Å²) in [6.07, 6.45) is 0. The third kappa shape index (κ3) is 9.36. The van der Waals surface area contributed by atoms with Crippen LogP contribution in [0.15, 0.2) is 288 Å². The molecular formula is C90H73B2N3OS. The molecule has 4 aliphatic rings. The van der Waals surface area contributed by atoms with Gasteiger partial charge in [0, 0.05) is 77.3 Å². The fourth-order valence-corrected chi connectivity index (χ4v) is 15.9. The minimum Gasteiger partial charge on any atom is -0.458 e. The second-order valence-electron chi connectivity index (χ2n) is 28.4. The second kappa shape index (κ2) is 22.0. The van der Waals surface area contributed by atoms with Crippen LogP contribution in [-0.4, -0.2) is 18.0 Å². The minimum absolute atomic E-state index is 0.0179. The third-order valence-electron chi connectivity index (χ3n) is 19.5. The second-order valence-corrected chi connectivity index (χ2v) is 29.5. The number of rotatable bonds is 7. The summed E-state index contributed by atoms with van der Waals surface area (Å²) in [6.45, 7) is 16.0. The zero-order valence-corrected chi connectivity index (χ0v) is 55.6. The molecule has 4 aliphatic heterocycles. The van der Waals surface area contributed by atoms with Crippen molar-refractivity contribution in [2.45, 2.75) is 88.3 Å². The molecule has 0 saturated heterocycles. The van der Waals surface area contributed by atoms with Gasteiger partial charge in [0.25, 0.3) is 13.4 Å². The van der Waals surface area contributed by atoms with Crippen molar-refractivity contribution < 1.29 is 32.2 Å². The Morgan fingerprint density at radius 3 is 1.30 bits per heavy atom. The first-order chi connectivity index (χ1) is 55.4. The normalized spacial score (nSPS) is 16.5. The van der Waals surface area contributed by atoms with Crippen molar-refractivity contribution in [3.8, 4) is 61.7 Å². The molecule has 4 nitrogen and oxygen atoms in total. The molecule has 13 aromatic carbocycles. The lowest BCUT2D eigenvalue weighted by atomic mass is 9.31. The summed E-state index contributed by atoms with van der Waals surface area (Å²) < 4.78 is 208. The van der Waals surface area contributed by atoms with E-state index < -0.39 is 161 Å². The number of nitrogens with zero attached hydrogens (tertiary/aromatic N) is 3. The zero-order valence-electron chi connectivity index (χ0n) is 74.8. The van der Waals surface area contributed by atoms with Gasteiger partial charge in [0.05, 0.1) is 49.8 Å². The van der Waals surface area contributed by atoms with E-state index in [9.17, 15) is 24.7 Å². The molecule has 0 saturated carbocycles. The summed E-state index contributed by atoms with van der Waals surface area (Å²) in [6, 6.07) is 39.3. The van der Waals surface area contributed by atoms with Crippen LogP contribution < -0.4 is 47.3 Å². The van der Waals surface area contributed by atoms with Crippen LogP contribution in [0.4, 0.5) is 34.1 Å². The fourth-order valence-electron chi connectivity index (χ4n) is 14.7. The fraction of sp³-hybridized carbons (Fsp3) is 0.133. The van der Waals surface area contributed by atoms with E-state index in [0.29, 0.717) is 56.0 Å². The van der Waals surface area contributed by atoms with Crippen molar-refractivity contribution in [1.29, 1.82) is 0 Å². The van der Waals surface area contributed by atoms with E-state index in [1.807, 2.05) is 126 Å². The van der Waals surface area contributed by atoms with Gasteiger partial charge in [-0.2, -0.15) is 0 Å². The number of aromatic nitrogens is 1. The monoisotopic (exact) mass is 1290 g/mol. The molecule has 0 aliphatic carbocycles. The standard InChI is InChI=1S/C90H73B2N3OS/c1-88(2,3)60-48-66(56-30-14-10-15-31-56)85(67(49-60)57-32-16-11-17-33-57)94-75-54-63(93-73-42-26-22-38-64(73)65-39-23-27-43-74(65)93)46-47-70(75)92-82-76(94)52-62(90(7,8)9)53-77(82)95(86-68(58-34-18-12-19-35-58)50-61(89(4,5)6)51-69(86)59-36-20-13-21-37-59)78-55-80-84-87(83(78)92)97-81-45-29-25-41-72(81)91(84)71-40-24-28-44-79(71)96-80/h10-55H,1-9H3/i22D,23D,24D,25D,26D,27D,28D,29D,38D,39D,40D,41D,42D,43D,44D,45D,46D,47D,54D,55D. The highest BCUT2D eigenvalue weighted by Crippen LogP contribution is 2.57. The van der Waals surface area contributed by atoms with Crippen LogP contribution in [0, 0.1) is 0 Å². The molecule has 466 valence electrons. The van der Waals surface area contributed by atoms with Gasteiger partial charge in [0.15, 0.2) is 0 Å². The van der Waals surface area contributed by atoms with E-state index in [1.54, 1.807) is 0 Å². The molecule has 0 amide bonds. The topological polar surface area (TPSA) is 20.6 Å². The molecule has 0 atom stereocenters. The Morgan fingerprint density at radius 1 is 0.371 bits per heavy atom. The summed E-state index contributed by atoms with van der Waals surface area (Å²) in [7, 11) is 0. The molecule has 0 fully saturated rings. The van der Waals surface area contributed by atoms with Crippen LogP contribution in [0.25, 0.3) is 72.0 Å².